The number of carbonyl (C=O) groups is 1. The van der Waals surface area contributed by atoms with Crippen LogP contribution in [0.15, 0.2) is 0 Å². The average molecular weight is 210 g/mol. The number of hydrogen-bond acceptors (Lipinski definition) is 7. The van der Waals surface area contributed by atoms with Gasteiger partial charge in [-0.1, -0.05) is 0 Å². The molecule has 0 amide bonds. The average Bonchev–Trinajstić information content (AvgIpc) is 2.23. The Kier molecular flexibility index (Phi) is 5.77. The molecular formula is C7H14O7. The Morgan fingerprint density at radius 3 is 1.79 bits per heavy atom. The fourth-order valence-electron chi connectivity index (χ4n) is 0.820. The summed E-state index contributed by atoms with van der Waals surface area (Å²) in [6.07, 6.45) is -9.21. The number of aliphatic hydroxyl groups is 6. The Morgan fingerprint density at radius 2 is 1.43 bits per heavy atom. The van der Waals surface area contributed by atoms with E-state index in [1.165, 1.54) is 0 Å². The monoisotopic (exact) mass is 210 g/mol. The third-order valence-corrected chi connectivity index (χ3v) is 1.77. The van der Waals surface area contributed by atoms with Crippen LogP contribution in [-0.4, -0.2) is 74.1 Å². The Morgan fingerprint density at radius 1 is 0.929 bits per heavy atom. The van der Waals surface area contributed by atoms with Crippen molar-refractivity contribution < 1.29 is 35.4 Å². The van der Waals surface area contributed by atoms with E-state index in [0.717, 1.165) is 0 Å². The molecule has 0 saturated heterocycles. The molecule has 0 saturated carbocycles. The maximum Gasteiger partial charge on any atom is 0.151 e. The van der Waals surface area contributed by atoms with Crippen molar-refractivity contribution in [2.45, 2.75) is 30.5 Å². The molecule has 7 heteroatoms. The highest BCUT2D eigenvalue weighted by Crippen LogP contribution is 2.07. The van der Waals surface area contributed by atoms with E-state index >= 15 is 0 Å². The molecule has 0 bridgehead atoms. The van der Waals surface area contributed by atoms with Crippen molar-refractivity contribution in [2.24, 2.45) is 0 Å². The van der Waals surface area contributed by atoms with Gasteiger partial charge in [-0.15, -0.1) is 0 Å². The van der Waals surface area contributed by atoms with E-state index < -0.39 is 37.1 Å². The fraction of sp³-hybridized carbons (Fsp3) is 0.857. The molecule has 0 aliphatic carbocycles. The number of carbonyl (C=O) groups excluding carboxylic acids is 1. The van der Waals surface area contributed by atoms with E-state index in [2.05, 4.69) is 0 Å². The van der Waals surface area contributed by atoms with Gasteiger partial charge in [-0.3, -0.25) is 0 Å². The first-order valence-corrected chi connectivity index (χ1v) is 3.92. The van der Waals surface area contributed by atoms with Crippen molar-refractivity contribution in [3.05, 3.63) is 0 Å². The summed E-state index contributed by atoms with van der Waals surface area (Å²) in [6, 6.07) is 0. The highest BCUT2D eigenvalue weighted by Gasteiger charge is 2.33. The molecule has 5 atom stereocenters. The summed E-state index contributed by atoms with van der Waals surface area (Å²) in [6.45, 7) is -0.817. The van der Waals surface area contributed by atoms with Crippen molar-refractivity contribution in [1.82, 2.24) is 0 Å². The van der Waals surface area contributed by atoms with Crippen LogP contribution < -0.4 is 0 Å². The molecule has 0 aromatic heterocycles. The van der Waals surface area contributed by atoms with Gasteiger partial charge in [-0.25, -0.2) is 0 Å². The summed E-state index contributed by atoms with van der Waals surface area (Å²) in [5.74, 6) is 0. The summed E-state index contributed by atoms with van der Waals surface area (Å²) >= 11 is 0. The molecule has 6 N–H and O–H groups in total. The Hall–Kier alpha value is -0.570. The molecule has 0 aliphatic rings. The SMILES string of the molecule is O=C[C@H](O)[C@H](O)[C@H](O)[C@H](O)[C@@H](O)CO. The van der Waals surface area contributed by atoms with Crippen LogP contribution >= 0.6 is 0 Å². The zero-order valence-electron chi connectivity index (χ0n) is 7.26. The van der Waals surface area contributed by atoms with E-state index in [1.54, 1.807) is 0 Å². The first kappa shape index (κ1) is 13.4. The third kappa shape index (κ3) is 3.29. The predicted octanol–water partition coefficient (Wildman–Crippen LogP) is -4.02. The Labute approximate surface area is 79.9 Å². The lowest BCUT2D eigenvalue weighted by Crippen LogP contribution is -2.50. The van der Waals surface area contributed by atoms with Crippen LogP contribution in [0.4, 0.5) is 0 Å². The quantitative estimate of drug-likeness (QED) is 0.245. The molecule has 0 radical (unpaired) electrons. The third-order valence-electron chi connectivity index (χ3n) is 1.77. The zero-order chi connectivity index (χ0) is 11.3. The number of rotatable bonds is 6. The van der Waals surface area contributed by atoms with E-state index in [1.807, 2.05) is 0 Å². The van der Waals surface area contributed by atoms with Crippen molar-refractivity contribution in [2.75, 3.05) is 6.61 Å². The van der Waals surface area contributed by atoms with Crippen LogP contribution in [-0.2, 0) is 4.79 Å². The van der Waals surface area contributed by atoms with Gasteiger partial charge in [0.15, 0.2) is 6.29 Å². The van der Waals surface area contributed by atoms with Crippen molar-refractivity contribution in [3.63, 3.8) is 0 Å². The normalized spacial score (nSPS) is 22.1. The molecule has 0 fully saturated rings. The van der Waals surface area contributed by atoms with Gasteiger partial charge in [0, 0.05) is 0 Å². The highest BCUT2D eigenvalue weighted by molar-refractivity contribution is 5.56. The lowest BCUT2D eigenvalue weighted by molar-refractivity contribution is -0.147. The Bertz CT molecular complexity index is 173. The Balaban J connectivity index is 4.29. The summed E-state index contributed by atoms with van der Waals surface area (Å²) in [4.78, 5) is 10.00. The van der Waals surface area contributed by atoms with Crippen LogP contribution in [0, 0.1) is 0 Å². The minimum absolute atomic E-state index is 0.0219. The minimum Gasteiger partial charge on any atom is -0.394 e. The van der Waals surface area contributed by atoms with Gasteiger partial charge >= 0.3 is 0 Å². The van der Waals surface area contributed by atoms with Gasteiger partial charge in [0.25, 0.3) is 0 Å². The molecule has 14 heavy (non-hydrogen) atoms. The summed E-state index contributed by atoms with van der Waals surface area (Å²) in [5, 5.41) is 53.2. The van der Waals surface area contributed by atoms with Crippen LogP contribution in [0.25, 0.3) is 0 Å². The van der Waals surface area contributed by atoms with Crippen LogP contribution in [0.1, 0.15) is 0 Å². The molecule has 0 unspecified atom stereocenters. The summed E-state index contributed by atoms with van der Waals surface area (Å²) < 4.78 is 0. The molecule has 84 valence electrons. The number of aliphatic hydroxyl groups excluding tert-OH is 6. The lowest BCUT2D eigenvalue weighted by Gasteiger charge is -2.26. The fourth-order valence-corrected chi connectivity index (χ4v) is 0.820. The van der Waals surface area contributed by atoms with E-state index in [0.29, 0.717) is 0 Å². The summed E-state index contributed by atoms with van der Waals surface area (Å²) in [7, 11) is 0. The van der Waals surface area contributed by atoms with E-state index in [9.17, 15) is 4.79 Å². The van der Waals surface area contributed by atoms with Gasteiger partial charge in [-0.05, 0) is 0 Å². The summed E-state index contributed by atoms with van der Waals surface area (Å²) in [5.41, 5.74) is 0. The first-order valence-electron chi connectivity index (χ1n) is 3.92. The number of aldehydes is 1. The molecule has 0 heterocycles. The van der Waals surface area contributed by atoms with Crippen molar-refractivity contribution in [1.29, 1.82) is 0 Å². The lowest BCUT2D eigenvalue weighted by atomic mass is 10.0. The van der Waals surface area contributed by atoms with Crippen LogP contribution in [0.2, 0.25) is 0 Å². The largest absolute Gasteiger partial charge is 0.394 e. The minimum atomic E-state index is -1.92. The zero-order valence-corrected chi connectivity index (χ0v) is 7.26. The highest BCUT2D eigenvalue weighted by atomic mass is 16.4. The molecule has 0 rings (SSSR count). The topological polar surface area (TPSA) is 138 Å². The first-order chi connectivity index (χ1) is 6.45. The van der Waals surface area contributed by atoms with Gasteiger partial charge < -0.3 is 35.4 Å². The van der Waals surface area contributed by atoms with Crippen molar-refractivity contribution in [3.8, 4) is 0 Å². The van der Waals surface area contributed by atoms with Crippen LogP contribution in [0.5, 0.6) is 0 Å². The van der Waals surface area contributed by atoms with E-state index in [-0.39, 0.29) is 6.29 Å². The maximum absolute atomic E-state index is 10.00. The predicted molar refractivity (Wildman–Crippen MR) is 43.2 cm³/mol. The maximum atomic E-state index is 10.00. The van der Waals surface area contributed by atoms with E-state index in [4.69, 9.17) is 30.6 Å². The molecule has 0 aromatic carbocycles. The molecule has 0 aromatic rings. The standard InChI is InChI=1S/C7H14O7/c8-1-3(10)5(12)7(14)6(13)4(11)2-9/h1,3-7,9-14H,2H2/t3-,4-,5-,6+,7-/m0/s1. The second kappa shape index (κ2) is 6.02. The number of hydrogen-bond donors (Lipinski definition) is 6. The smallest absolute Gasteiger partial charge is 0.151 e. The second-order valence-corrected chi connectivity index (χ2v) is 2.85. The molecule has 7 nitrogen and oxygen atoms in total. The molecular weight excluding hydrogens is 196 g/mol. The van der Waals surface area contributed by atoms with Gasteiger partial charge in [0.05, 0.1) is 6.61 Å². The molecule has 0 spiro atoms. The van der Waals surface area contributed by atoms with Gasteiger partial charge in [-0.2, -0.15) is 0 Å². The van der Waals surface area contributed by atoms with Gasteiger partial charge in [0.2, 0.25) is 0 Å². The van der Waals surface area contributed by atoms with Crippen LogP contribution in [0.3, 0.4) is 0 Å². The van der Waals surface area contributed by atoms with Gasteiger partial charge in [0.1, 0.15) is 30.5 Å². The van der Waals surface area contributed by atoms with Crippen molar-refractivity contribution >= 4 is 6.29 Å². The second-order valence-electron chi connectivity index (χ2n) is 2.85. The molecule has 0 aliphatic heterocycles.